The van der Waals surface area contributed by atoms with E-state index in [0.29, 0.717) is 0 Å². The summed E-state index contributed by atoms with van der Waals surface area (Å²) in [7, 11) is 1.71. The van der Waals surface area contributed by atoms with E-state index in [0.717, 1.165) is 29.8 Å². The first-order chi connectivity index (χ1) is 12.0. The number of nitrogens with one attached hydrogen (secondary N) is 1. The number of rotatable bonds is 4. The number of benzene rings is 2. The molecule has 0 spiro atoms. The molecule has 0 saturated carbocycles. The molecule has 1 atom stereocenters. The van der Waals surface area contributed by atoms with Crippen LogP contribution in [0.3, 0.4) is 0 Å². The lowest BCUT2D eigenvalue weighted by Crippen LogP contribution is -2.28. The Kier molecular flexibility index (Phi) is 5.26. The van der Waals surface area contributed by atoms with E-state index in [9.17, 15) is 5.11 Å². The van der Waals surface area contributed by atoms with Gasteiger partial charge in [0.2, 0.25) is 0 Å². The average Bonchev–Trinajstić information content (AvgIpc) is 2.61. The highest BCUT2D eigenvalue weighted by Gasteiger charge is 2.19. The second-order valence-corrected chi connectivity index (χ2v) is 6.85. The number of hydrogen-bond acceptors (Lipinski definition) is 3. The molecule has 1 unspecified atom stereocenters. The standard InChI is InChI=1S/C22H27NO2/c1-14-9-18-7-8-23-21(20(18)12-19(14)13-24)6-5-17-10-16(3)22(25-4)11-15(17)2/h5-6,9-12,21,23-24H,7-8,13H2,1-4H3/b6-5+. The fraction of sp³-hybridized carbons (Fsp3) is 0.364. The first-order valence-electron chi connectivity index (χ1n) is 8.83. The van der Waals surface area contributed by atoms with E-state index in [2.05, 4.69) is 62.5 Å². The van der Waals surface area contributed by atoms with Gasteiger partial charge in [0.25, 0.3) is 0 Å². The molecule has 2 aromatic carbocycles. The molecule has 0 fully saturated rings. The molecule has 0 amide bonds. The van der Waals surface area contributed by atoms with Gasteiger partial charge in [-0.05, 0) is 78.3 Å². The van der Waals surface area contributed by atoms with Gasteiger partial charge >= 0.3 is 0 Å². The summed E-state index contributed by atoms with van der Waals surface area (Å²) in [5, 5.41) is 13.2. The van der Waals surface area contributed by atoms with Crippen molar-refractivity contribution in [1.29, 1.82) is 0 Å². The Morgan fingerprint density at radius 1 is 1.12 bits per heavy atom. The van der Waals surface area contributed by atoms with Crippen molar-refractivity contribution in [1.82, 2.24) is 5.32 Å². The van der Waals surface area contributed by atoms with E-state index in [4.69, 9.17) is 4.74 Å². The summed E-state index contributed by atoms with van der Waals surface area (Å²) in [6.07, 6.45) is 5.45. The Balaban J connectivity index is 1.93. The highest BCUT2D eigenvalue weighted by atomic mass is 16.5. The Hall–Kier alpha value is -2.10. The number of aliphatic hydroxyl groups excluding tert-OH is 1. The summed E-state index contributed by atoms with van der Waals surface area (Å²) in [5.74, 6) is 0.929. The van der Waals surface area contributed by atoms with Gasteiger partial charge in [-0.3, -0.25) is 0 Å². The van der Waals surface area contributed by atoms with Crippen LogP contribution in [0.15, 0.2) is 30.3 Å². The molecular weight excluding hydrogens is 310 g/mol. The van der Waals surface area contributed by atoms with Gasteiger partial charge in [0, 0.05) is 6.54 Å². The van der Waals surface area contributed by atoms with Crippen molar-refractivity contribution in [3.63, 3.8) is 0 Å². The normalized spacial score (nSPS) is 16.9. The van der Waals surface area contributed by atoms with Crippen molar-refractivity contribution in [2.45, 2.75) is 39.8 Å². The minimum absolute atomic E-state index is 0.0896. The zero-order valence-corrected chi connectivity index (χ0v) is 15.5. The van der Waals surface area contributed by atoms with Crippen LogP contribution in [0.5, 0.6) is 5.75 Å². The summed E-state index contributed by atoms with van der Waals surface area (Å²) in [6, 6.07) is 8.81. The van der Waals surface area contributed by atoms with Crippen molar-refractivity contribution in [3.8, 4) is 5.75 Å². The summed E-state index contributed by atoms with van der Waals surface area (Å²) in [6.45, 7) is 7.31. The maximum absolute atomic E-state index is 9.58. The van der Waals surface area contributed by atoms with Crippen molar-refractivity contribution in [3.05, 3.63) is 69.3 Å². The maximum atomic E-state index is 9.58. The molecule has 2 N–H and O–H groups in total. The smallest absolute Gasteiger partial charge is 0.122 e. The molecular formula is C22H27NO2. The predicted octanol–water partition coefficient (Wildman–Crippen LogP) is 4.01. The second-order valence-electron chi connectivity index (χ2n) is 6.85. The fourth-order valence-corrected chi connectivity index (χ4v) is 3.56. The van der Waals surface area contributed by atoms with Crippen LogP contribution in [-0.2, 0) is 13.0 Å². The average molecular weight is 337 g/mol. The van der Waals surface area contributed by atoms with E-state index >= 15 is 0 Å². The number of fused-ring (bicyclic) bond motifs is 1. The molecule has 0 aromatic heterocycles. The zero-order chi connectivity index (χ0) is 18.0. The topological polar surface area (TPSA) is 41.5 Å². The van der Waals surface area contributed by atoms with Crippen molar-refractivity contribution >= 4 is 6.08 Å². The molecule has 3 rings (SSSR count). The first-order valence-corrected chi connectivity index (χ1v) is 8.83. The van der Waals surface area contributed by atoms with Crippen LogP contribution in [-0.4, -0.2) is 18.8 Å². The van der Waals surface area contributed by atoms with Crippen LogP contribution in [0.25, 0.3) is 6.08 Å². The molecule has 0 bridgehead atoms. The van der Waals surface area contributed by atoms with Crippen LogP contribution in [0.4, 0.5) is 0 Å². The van der Waals surface area contributed by atoms with E-state index in [1.807, 2.05) is 0 Å². The van der Waals surface area contributed by atoms with Gasteiger partial charge in [-0.1, -0.05) is 24.3 Å². The van der Waals surface area contributed by atoms with Gasteiger partial charge in [-0.2, -0.15) is 0 Å². The van der Waals surface area contributed by atoms with E-state index in [1.54, 1.807) is 7.11 Å². The summed E-state index contributed by atoms with van der Waals surface area (Å²) in [5.41, 5.74) is 8.40. The molecule has 1 aliphatic heterocycles. The monoisotopic (exact) mass is 337 g/mol. The molecule has 0 radical (unpaired) electrons. The number of aliphatic hydroxyl groups is 1. The second kappa shape index (κ2) is 7.42. The maximum Gasteiger partial charge on any atom is 0.122 e. The minimum Gasteiger partial charge on any atom is -0.496 e. The molecule has 25 heavy (non-hydrogen) atoms. The summed E-state index contributed by atoms with van der Waals surface area (Å²) < 4.78 is 5.40. The van der Waals surface area contributed by atoms with Crippen LogP contribution >= 0.6 is 0 Å². The van der Waals surface area contributed by atoms with E-state index in [1.165, 1.54) is 27.8 Å². The fourth-order valence-electron chi connectivity index (χ4n) is 3.56. The molecule has 3 nitrogen and oxygen atoms in total. The Labute approximate surface area is 150 Å². The van der Waals surface area contributed by atoms with Crippen LogP contribution in [0.2, 0.25) is 0 Å². The molecule has 0 aliphatic carbocycles. The van der Waals surface area contributed by atoms with Crippen molar-refractivity contribution in [2.75, 3.05) is 13.7 Å². The lowest BCUT2D eigenvalue weighted by molar-refractivity contribution is 0.280. The van der Waals surface area contributed by atoms with E-state index in [-0.39, 0.29) is 12.6 Å². The third-order valence-corrected chi connectivity index (χ3v) is 5.11. The Bertz CT molecular complexity index is 808. The molecule has 2 aromatic rings. The third-order valence-electron chi connectivity index (χ3n) is 5.11. The van der Waals surface area contributed by atoms with Gasteiger partial charge in [0.05, 0.1) is 19.8 Å². The Morgan fingerprint density at radius 3 is 2.64 bits per heavy atom. The zero-order valence-electron chi connectivity index (χ0n) is 15.5. The minimum atomic E-state index is 0.0896. The van der Waals surface area contributed by atoms with Gasteiger partial charge < -0.3 is 15.2 Å². The number of aryl methyl sites for hydroxylation is 3. The van der Waals surface area contributed by atoms with Gasteiger partial charge in [0.1, 0.15) is 5.75 Å². The number of methoxy groups -OCH3 is 1. The van der Waals surface area contributed by atoms with Crippen LogP contribution in [0, 0.1) is 20.8 Å². The van der Waals surface area contributed by atoms with Crippen molar-refractivity contribution in [2.24, 2.45) is 0 Å². The van der Waals surface area contributed by atoms with Gasteiger partial charge in [-0.25, -0.2) is 0 Å². The molecule has 3 heteroatoms. The summed E-state index contributed by atoms with van der Waals surface area (Å²) >= 11 is 0. The highest BCUT2D eigenvalue weighted by molar-refractivity contribution is 5.59. The predicted molar refractivity (Wildman–Crippen MR) is 103 cm³/mol. The van der Waals surface area contributed by atoms with E-state index < -0.39 is 0 Å². The SMILES string of the molecule is COc1cc(C)c(/C=C/C2NCCc3cc(C)c(CO)cc32)cc1C. The largest absolute Gasteiger partial charge is 0.496 e. The quantitative estimate of drug-likeness (QED) is 0.886. The molecule has 132 valence electrons. The number of ether oxygens (including phenoxy) is 1. The lowest BCUT2D eigenvalue weighted by Gasteiger charge is -2.26. The third kappa shape index (κ3) is 3.63. The summed E-state index contributed by atoms with van der Waals surface area (Å²) in [4.78, 5) is 0. The molecule has 1 heterocycles. The van der Waals surface area contributed by atoms with Crippen LogP contribution < -0.4 is 10.1 Å². The lowest BCUT2D eigenvalue weighted by atomic mass is 9.89. The van der Waals surface area contributed by atoms with Gasteiger partial charge in [-0.15, -0.1) is 0 Å². The highest BCUT2D eigenvalue weighted by Crippen LogP contribution is 2.29. The number of hydrogen-bond donors (Lipinski definition) is 2. The van der Waals surface area contributed by atoms with Crippen LogP contribution in [0.1, 0.15) is 45.0 Å². The molecule has 0 saturated heterocycles. The van der Waals surface area contributed by atoms with Crippen molar-refractivity contribution < 1.29 is 9.84 Å². The Morgan fingerprint density at radius 2 is 1.92 bits per heavy atom. The first kappa shape index (κ1) is 17.7. The van der Waals surface area contributed by atoms with Gasteiger partial charge in [0.15, 0.2) is 0 Å². The molecule has 1 aliphatic rings.